The summed E-state index contributed by atoms with van der Waals surface area (Å²) < 4.78 is 6.95. The quantitative estimate of drug-likeness (QED) is 0.866. The third-order valence-corrected chi connectivity index (χ3v) is 4.71. The van der Waals surface area contributed by atoms with Gasteiger partial charge in [0.2, 0.25) is 0 Å². The number of hydrogen-bond acceptors (Lipinski definition) is 4. The molecule has 2 heterocycles. The van der Waals surface area contributed by atoms with Gasteiger partial charge in [-0.05, 0) is 31.9 Å². The van der Waals surface area contributed by atoms with Crippen molar-refractivity contribution in [3.8, 4) is 0 Å². The molecule has 1 aliphatic carbocycles. The van der Waals surface area contributed by atoms with Gasteiger partial charge in [-0.2, -0.15) is 0 Å². The number of imidazole rings is 1. The molecule has 2 aromatic heterocycles. The van der Waals surface area contributed by atoms with Crippen LogP contribution >= 0.6 is 0 Å². The number of nitrogens with zero attached hydrogens (tertiary/aromatic N) is 2. The second-order valence-electron chi connectivity index (χ2n) is 6.71. The van der Waals surface area contributed by atoms with Crippen LogP contribution in [0, 0.1) is 6.92 Å². The minimum atomic E-state index is -0.573. The van der Waals surface area contributed by atoms with Gasteiger partial charge in [0, 0.05) is 17.9 Å². The second-order valence-corrected chi connectivity index (χ2v) is 6.71. The molecule has 0 aliphatic heterocycles. The Morgan fingerprint density at radius 3 is 2.64 bits per heavy atom. The van der Waals surface area contributed by atoms with E-state index in [1.165, 1.54) is 19.3 Å². The SMILES string of the molecule is Cc1cccc2nc(C(=O)OCC(=O)NC3CCCCCCC3)cn12. The van der Waals surface area contributed by atoms with Crippen LogP contribution in [0.4, 0.5) is 0 Å². The first-order chi connectivity index (χ1) is 12.1. The zero-order valence-electron chi connectivity index (χ0n) is 14.7. The molecular weight excluding hydrogens is 318 g/mol. The number of hydrogen-bond donors (Lipinski definition) is 1. The van der Waals surface area contributed by atoms with Gasteiger partial charge >= 0.3 is 5.97 Å². The Kier molecular flexibility index (Phi) is 5.68. The van der Waals surface area contributed by atoms with Crippen molar-refractivity contribution >= 4 is 17.5 Å². The summed E-state index contributed by atoms with van der Waals surface area (Å²) in [5.74, 6) is -0.810. The minimum absolute atomic E-state index is 0.198. The monoisotopic (exact) mass is 343 g/mol. The van der Waals surface area contributed by atoms with Crippen LogP contribution in [0.3, 0.4) is 0 Å². The highest BCUT2D eigenvalue weighted by atomic mass is 16.5. The highest BCUT2D eigenvalue weighted by molar-refractivity contribution is 5.90. The molecule has 6 heteroatoms. The Labute approximate surface area is 147 Å². The molecule has 0 aromatic carbocycles. The van der Waals surface area contributed by atoms with Crippen LogP contribution < -0.4 is 5.32 Å². The summed E-state index contributed by atoms with van der Waals surface area (Å²) in [6.45, 7) is 1.68. The second kappa shape index (κ2) is 8.14. The van der Waals surface area contributed by atoms with Crippen LogP contribution in [0.5, 0.6) is 0 Å². The van der Waals surface area contributed by atoms with E-state index in [-0.39, 0.29) is 24.2 Å². The Balaban J connectivity index is 1.52. The number of nitrogens with one attached hydrogen (secondary N) is 1. The first-order valence-corrected chi connectivity index (χ1v) is 9.05. The Morgan fingerprint density at radius 1 is 1.20 bits per heavy atom. The van der Waals surface area contributed by atoms with E-state index in [1.54, 1.807) is 6.20 Å². The number of pyridine rings is 1. The molecule has 1 saturated carbocycles. The highest BCUT2D eigenvalue weighted by Crippen LogP contribution is 2.17. The van der Waals surface area contributed by atoms with Crippen molar-refractivity contribution < 1.29 is 14.3 Å². The Hall–Kier alpha value is -2.37. The molecule has 1 N–H and O–H groups in total. The van der Waals surface area contributed by atoms with Crippen molar-refractivity contribution in [2.45, 2.75) is 57.9 Å². The number of aryl methyl sites for hydroxylation is 1. The van der Waals surface area contributed by atoms with Crippen LogP contribution in [0.2, 0.25) is 0 Å². The number of ether oxygens (including phenoxy) is 1. The lowest BCUT2D eigenvalue weighted by Crippen LogP contribution is -2.38. The summed E-state index contributed by atoms with van der Waals surface area (Å²) in [5.41, 5.74) is 1.88. The van der Waals surface area contributed by atoms with Gasteiger partial charge < -0.3 is 14.5 Å². The molecule has 0 unspecified atom stereocenters. The van der Waals surface area contributed by atoms with E-state index >= 15 is 0 Å². The fourth-order valence-corrected chi connectivity index (χ4v) is 3.32. The van der Waals surface area contributed by atoms with Gasteiger partial charge in [-0.25, -0.2) is 9.78 Å². The third-order valence-electron chi connectivity index (χ3n) is 4.71. The van der Waals surface area contributed by atoms with Crippen LogP contribution in [0.15, 0.2) is 24.4 Å². The molecule has 3 rings (SSSR count). The zero-order chi connectivity index (χ0) is 17.6. The fourth-order valence-electron chi connectivity index (χ4n) is 3.32. The van der Waals surface area contributed by atoms with Gasteiger partial charge in [-0.15, -0.1) is 0 Å². The number of carbonyl (C=O) groups is 2. The summed E-state index contributed by atoms with van der Waals surface area (Å²) in [4.78, 5) is 28.4. The van der Waals surface area contributed by atoms with Gasteiger partial charge in [-0.3, -0.25) is 4.79 Å². The predicted molar refractivity (Wildman–Crippen MR) is 94.5 cm³/mol. The number of aromatic nitrogens is 2. The molecule has 0 radical (unpaired) electrons. The average Bonchev–Trinajstić information content (AvgIpc) is 3.01. The Morgan fingerprint density at radius 2 is 1.92 bits per heavy atom. The topological polar surface area (TPSA) is 72.7 Å². The largest absolute Gasteiger partial charge is 0.451 e. The molecule has 1 amide bonds. The molecule has 0 atom stereocenters. The van der Waals surface area contributed by atoms with Crippen molar-refractivity contribution in [3.63, 3.8) is 0 Å². The van der Waals surface area contributed by atoms with Crippen molar-refractivity contribution in [3.05, 3.63) is 35.8 Å². The molecule has 25 heavy (non-hydrogen) atoms. The number of carbonyl (C=O) groups excluding carboxylic acids is 2. The van der Waals surface area contributed by atoms with Crippen LogP contribution in [0.1, 0.15) is 61.1 Å². The zero-order valence-corrected chi connectivity index (χ0v) is 14.7. The van der Waals surface area contributed by atoms with Gasteiger partial charge in [0.1, 0.15) is 5.65 Å². The van der Waals surface area contributed by atoms with Crippen LogP contribution in [-0.2, 0) is 9.53 Å². The molecule has 0 bridgehead atoms. The highest BCUT2D eigenvalue weighted by Gasteiger charge is 2.17. The lowest BCUT2D eigenvalue weighted by molar-refractivity contribution is -0.125. The van der Waals surface area contributed by atoms with E-state index in [0.29, 0.717) is 5.65 Å². The standard InChI is InChI=1S/C19H25N3O3/c1-14-8-7-11-17-21-16(12-22(14)17)19(24)25-13-18(23)20-15-9-5-3-2-4-6-10-15/h7-8,11-12,15H,2-6,9-10,13H2,1H3,(H,20,23). The van der Waals surface area contributed by atoms with Crippen LogP contribution in [-0.4, -0.2) is 33.9 Å². The van der Waals surface area contributed by atoms with Gasteiger partial charge in [0.25, 0.3) is 5.91 Å². The smallest absolute Gasteiger partial charge is 0.359 e. The Bertz CT molecular complexity index is 745. The fraction of sp³-hybridized carbons (Fsp3) is 0.526. The molecule has 1 aliphatic rings. The molecule has 0 spiro atoms. The van der Waals surface area contributed by atoms with Crippen molar-refractivity contribution in [1.82, 2.24) is 14.7 Å². The summed E-state index contributed by atoms with van der Waals surface area (Å²) in [6.07, 6.45) is 9.69. The van der Waals surface area contributed by atoms with E-state index in [0.717, 1.165) is 31.4 Å². The summed E-state index contributed by atoms with van der Waals surface area (Å²) >= 11 is 0. The molecule has 6 nitrogen and oxygen atoms in total. The van der Waals surface area contributed by atoms with E-state index in [1.807, 2.05) is 29.5 Å². The lowest BCUT2D eigenvalue weighted by atomic mass is 9.97. The lowest BCUT2D eigenvalue weighted by Gasteiger charge is -2.20. The molecule has 1 fully saturated rings. The van der Waals surface area contributed by atoms with Gasteiger partial charge in [-0.1, -0.05) is 38.2 Å². The minimum Gasteiger partial charge on any atom is -0.451 e. The maximum Gasteiger partial charge on any atom is 0.359 e. The maximum absolute atomic E-state index is 12.1. The number of rotatable bonds is 4. The van der Waals surface area contributed by atoms with E-state index in [9.17, 15) is 9.59 Å². The number of amides is 1. The van der Waals surface area contributed by atoms with Gasteiger partial charge in [0.05, 0.1) is 0 Å². The average molecular weight is 343 g/mol. The molecule has 2 aromatic rings. The van der Waals surface area contributed by atoms with Crippen molar-refractivity contribution in [2.24, 2.45) is 0 Å². The third kappa shape index (κ3) is 4.59. The van der Waals surface area contributed by atoms with E-state index in [2.05, 4.69) is 10.3 Å². The first-order valence-electron chi connectivity index (χ1n) is 9.05. The predicted octanol–water partition coefficient (Wildman–Crippen LogP) is 3.03. The number of esters is 1. The van der Waals surface area contributed by atoms with Gasteiger partial charge in [0.15, 0.2) is 12.3 Å². The molecular formula is C19H25N3O3. The molecule has 0 saturated heterocycles. The van der Waals surface area contributed by atoms with Crippen molar-refractivity contribution in [2.75, 3.05) is 6.61 Å². The summed E-state index contributed by atoms with van der Waals surface area (Å²) in [5, 5.41) is 2.99. The summed E-state index contributed by atoms with van der Waals surface area (Å²) in [6, 6.07) is 5.84. The van der Waals surface area contributed by atoms with Crippen molar-refractivity contribution in [1.29, 1.82) is 0 Å². The first kappa shape index (κ1) is 17.5. The van der Waals surface area contributed by atoms with E-state index < -0.39 is 5.97 Å². The van der Waals surface area contributed by atoms with E-state index in [4.69, 9.17) is 4.74 Å². The summed E-state index contributed by atoms with van der Waals surface area (Å²) in [7, 11) is 0. The molecule has 134 valence electrons. The normalized spacial score (nSPS) is 16.2. The number of fused-ring (bicyclic) bond motifs is 1. The van der Waals surface area contributed by atoms with Crippen LogP contribution in [0.25, 0.3) is 5.65 Å². The maximum atomic E-state index is 12.1.